The van der Waals surface area contributed by atoms with Gasteiger partial charge in [-0.25, -0.2) is 0 Å². The highest BCUT2D eigenvalue weighted by Gasteiger charge is 2.07. The monoisotopic (exact) mass is 348 g/mol. The van der Waals surface area contributed by atoms with Gasteiger partial charge in [-0.15, -0.1) is 0 Å². The second kappa shape index (κ2) is 5.38. The van der Waals surface area contributed by atoms with E-state index in [0.29, 0.717) is 17.1 Å². The summed E-state index contributed by atoms with van der Waals surface area (Å²) in [5.41, 5.74) is 2.75. The van der Waals surface area contributed by atoms with Crippen LogP contribution in [-0.4, -0.2) is 16.1 Å². The molecular weight excluding hydrogens is 340 g/mol. The second-order valence-electron chi connectivity index (χ2n) is 4.47. The average molecular weight is 350 g/mol. The third-order valence-corrected chi connectivity index (χ3v) is 4.11. The lowest BCUT2D eigenvalue weighted by Gasteiger charge is -2.07. The maximum atomic E-state index is 10.8. The van der Waals surface area contributed by atoms with Gasteiger partial charge in [-0.2, -0.15) is 5.10 Å². The fourth-order valence-corrected chi connectivity index (χ4v) is 2.92. The predicted octanol–water partition coefficient (Wildman–Crippen LogP) is 4.31. The van der Waals surface area contributed by atoms with Gasteiger partial charge in [-0.1, -0.05) is 33.6 Å². The molecule has 0 aliphatic rings. The van der Waals surface area contributed by atoms with Gasteiger partial charge in [0, 0.05) is 20.4 Å². The number of aromatic nitrogens is 2. The summed E-state index contributed by atoms with van der Waals surface area (Å²) in [6.07, 6.45) is 2.61. The molecule has 5 heteroatoms. The molecule has 0 atom stereocenters. The molecule has 0 aliphatic carbocycles. The van der Waals surface area contributed by atoms with E-state index in [9.17, 15) is 4.79 Å². The molecule has 0 saturated carbocycles. The molecule has 0 radical (unpaired) electrons. The molecule has 0 spiro atoms. The third-order valence-electron chi connectivity index (χ3n) is 3.14. The Hall–Kier alpha value is -1.65. The van der Waals surface area contributed by atoms with Gasteiger partial charge >= 0.3 is 0 Å². The lowest BCUT2D eigenvalue weighted by Crippen LogP contribution is -2.02. The maximum absolute atomic E-state index is 10.8. The quantitative estimate of drug-likeness (QED) is 0.660. The van der Waals surface area contributed by atoms with Crippen molar-refractivity contribution in [2.45, 2.75) is 6.54 Å². The number of carbonyl (C=O) groups is 1. The van der Waals surface area contributed by atoms with Crippen LogP contribution in [0, 0.1) is 0 Å². The van der Waals surface area contributed by atoms with Crippen molar-refractivity contribution in [3.8, 4) is 0 Å². The molecule has 3 rings (SSSR count). The highest BCUT2D eigenvalue weighted by Crippen LogP contribution is 2.24. The number of rotatable bonds is 3. The van der Waals surface area contributed by atoms with Gasteiger partial charge in [0.05, 0.1) is 18.3 Å². The summed E-state index contributed by atoms with van der Waals surface area (Å²) in [6, 6.07) is 11.2. The Labute approximate surface area is 129 Å². The summed E-state index contributed by atoms with van der Waals surface area (Å²) in [5, 5.41) is 6.03. The Bertz CT molecular complexity index is 798. The van der Waals surface area contributed by atoms with E-state index >= 15 is 0 Å². The van der Waals surface area contributed by atoms with Crippen molar-refractivity contribution in [2.24, 2.45) is 0 Å². The predicted molar refractivity (Wildman–Crippen MR) is 83.4 cm³/mol. The number of hydrogen-bond acceptors (Lipinski definition) is 2. The number of halogens is 2. The van der Waals surface area contributed by atoms with Crippen molar-refractivity contribution < 1.29 is 4.79 Å². The Morgan fingerprint density at radius 3 is 2.85 bits per heavy atom. The van der Waals surface area contributed by atoms with Crippen LogP contribution in [0.2, 0.25) is 5.02 Å². The van der Waals surface area contributed by atoms with E-state index in [0.717, 1.165) is 27.2 Å². The van der Waals surface area contributed by atoms with Crippen LogP contribution >= 0.6 is 27.5 Å². The maximum Gasteiger partial charge on any atom is 0.150 e. The van der Waals surface area contributed by atoms with Gasteiger partial charge in [-0.05, 0) is 35.9 Å². The Morgan fingerprint density at radius 1 is 1.25 bits per heavy atom. The zero-order valence-corrected chi connectivity index (χ0v) is 12.7. The number of fused-ring (bicyclic) bond motifs is 1. The summed E-state index contributed by atoms with van der Waals surface area (Å²) in [6.45, 7) is 0.641. The van der Waals surface area contributed by atoms with Crippen molar-refractivity contribution in [1.82, 2.24) is 9.78 Å². The molecule has 3 nitrogen and oxygen atoms in total. The Kier molecular flexibility index (Phi) is 3.59. The van der Waals surface area contributed by atoms with Crippen LogP contribution in [-0.2, 0) is 6.54 Å². The van der Waals surface area contributed by atoms with Crippen LogP contribution in [0.1, 0.15) is 15.9 Å². The van der Waals surface area contributed by atoms with E-state index in [-0.39, 0.29) is 0 Å². The highest BCUT2D eigenvalue weighted by atomic mass is 79.9. The van der Waals surface area contributed by atoms with Gasteiger partial charge < -0.3 is 0 Å². The molecule has 1 heterocycles. The first-order valence-corrected chi connectivity index (χ1v) is 7.19. The molecule has 0 amide bonds. The van der Waals surface area contributed by atoms with E-state index in [2.05, 4.69) is 21.0 Å². The minimum absolute atomic E-state index is 0.641. The summed E-state index contributed by atoms with van der Waals surface area (Å²) >= 11 is 9.45. The minimum atomic E-state index is 0.641. The molecule has 1 aromatic heterocycles. The van der Waals surface area contributed by atoms with E-state index in [1.807, 2.05) is 35.0 Å². The molecule has 0 N–H and O–H groups in total. The molecule has 3 aromatic rings. The van der Waals surface area contributed by atoms with Crippen LogP contribution in [0.4, 0.5) is 0 Å². The smallest absolute Gasteiger partial charge is 0.150 e. The van der Waals surface area contributed by atoms with E-state index in [1.165, 1.54) is 0 Å². The molecule has 0 aliphatic heterocycles. The first kappa shape index (κ1) is 13.3. The van der Waals surface area contributed by atoms with Crippen molar-refractivity contribution in [3.05, 3.63) is 63.2 Å². The zero-order valence-electron chi connectivity index (χ0n) is 10.4. The van der Waals surface area contributed by atoms with E-state index < -0.39 is 0 Å². The van der Waals surface area contributed by atoms with E-state index in [1.54, 1.807) is 12.3 Å². The average Bonchev–Trinajstić information content (AvgIpc) is 2.84. The normalized spacial score (nSPS) is 10.9. The van der Waals surface area contributed by atoms with Crippen LogP contribution in [0.25, 0.3) is 10.9 Å². The van der Waals surface area contributed by atoms with Gasteiger partial charge in [-0.3, -0.25) is 9.48 Å². The largest absolute Gasteiger partial charge is 0.298 e. The summed E-state index contributed by atoms with van der Waals surface area (Å²) in [5.74, 6) is 0. The van der Waals surface area contributed by atoms with Crippen LogP contribution in [0.15, 0.2) is 47.1 Å². The molecule has 0 saturated heterocycles. The third kappa shape index (κ3) is 2.49. The van der Waals surface area contributed by atoms with Crippen LogP contribution in [0.3, 0.4) is 0 Å². The first-order chi connectivity index (χ1) is 9.67. The van der Waals surface area contributed by atoms with Gasteiger partial charge in [0.1, 0.15) is 6.29 Å². The van der Waals surface area contributed by atoms with Gasteiger partial charge in [0.25, 0.3) is 0 Å². The van der Waals surface area contributed by atoms with Crippen LogP contribution in [0.5, 0.6) is 0 Å². The molecule has 0 unspecified atom stereocenters. The zero-order chi connectivity index (χ0) is 14.1. The fourth-order valence-electron chi connectivity index (χ4n) is 2.12. The Balaban J connectivity index is 2.00. The summed E-state index contributed by atoms with van der Waals surface area (Å²) in [7, 11) is 0. The van der Waals surface area contributed by atoms with Crippen molar-refractivity contribution in [2.75, 3.05) is 0 Å². The van der Waals surface area contributed by atoms with Crippen LogP contribution < -0.4 is 0 Å². The van der Waals surface area contributed by atoms with Crippen molar-refractivity contribution in [1.29, 1.82) is 0 Å². The standard InChI is InChI=1S/C15H10BrClN2O/c16-14-6-13(17)3-2-11(14)8-19-15-4-1-10(9-20)5-12(15)7-18-19/h1-7,9H,8H2. The second-order valence-corrected chi connectivity index (χ2v) is 5.76. The summed E-state index contributed by atoms with van der Waals surface area (Å²) in [4.78, 5) is 10.8. The minimum Gasteiger partial charge on any atom is -0.298 e. The number of nitrogens with zero attached hydrogens (tertiary/aromatic N) is 2. The number of hydrogen-bond donors (Lipinski definition) is 0. The fraction of sp³-hybridized carbons (Fsp3) is 0.0667. The highest BCUT2D eigenvalue weighted by molar-refractivity contribution is 9.10. The molecule has 100 valence electrons. The topological polar surface area (TPSA) is 34.9 Å². The van der Waals surface area contributed by atoms with Crippen molar-refractivity contribution >= 4 is 44.7 Å². The molecule has 0 fully saturated rings. The number of aldehydes is 1. The molecule has 20 heavy (non-hydrogen) atoms. The summed E-state index contributed by atoms with van der Waals surface area (Å²) < 4.78 is 2.86. The lowest BCUT2D eigenvalue weighted by atomic mass is 10.2. The van der Waals surface area contributed by atoms with Gasteiger partial charge in [0.2, 0.25) is 0 Å². The first-order valence-electron chi connectivity index (χ1n) is 6.02. The molecule has 2 aromatic carbocycles. The number of benzene rings is 2. The van der Waals surface area contributed by atoms with Gasteiger partial charge in [0.15, 0.2) is 0 Å². The lowest BCUT2D eigenvalue weighted by molar-refractivity contribution is 0.112. The molecule has 0 bridgehead atoms. The van der Waals surface area contributed by atoms with Crippen molar-refractivity contribution in [3.63, 3.8) is 0 Å². The Morgan fingerprint density at radius 2 is 2.10 bits per heavy atom. The number of carbonyl (C=O) groups excluding carboxylic acids is 1. The SMILES string of the molecule is O=Cc1ccc2c(cnn2Cc2ccc(Cl)cc2Br)c1. The molecular formula is C15H10BrClN2O. The van der Waals surface area contributed by atoms with E-state index in [4.69, 9.17) is 11.6 Å².